The van der Waals surface area contributed by atoms with Crippen LogP contribution in [0.3, 0.4) is 0 Å². The molecule has 2 aliphatic rings. The largest absolute Gasteiger partial charge is 0.377 e. The molecule has 2 heterocycles. The second kappa shape index (κ2) is 4.14. The zero-order valence-electron chi connectivity index (χ0n) is 9.98. The quantitative estimate of drug-likeness (QED) is 0.836. The van der Waals surface area contributed by atoms with Crippen molar-refractivity contribution in [3.8, 4) is 0 Å². The maximum Gasteiger partial charge on any atom is 0.274 e. The first kappa shape index (κ1) is 10.8. The van der Waals surface area contributed by atoms with Gasteiger partial charge in [-0.15, -0.1) is 0 Å². The smallest absolute Gasteiger partial charge is 0.274 e. The molecule has 0 radical (unpaired) electrons. The lowest BCUT2D eigenvalue weighted by Gasteiger charge is -2.32. The van der Waals surface area contributed by atoms with E-state index in [4.69, 9.17) is 4.74 Å². The molecule has 0 bridgehead atoms. The zero-order chi connectivity index (χ0) is 11.8. The van der Waals surface area contributed by atoms with Crippen molar-refractivity contribution in [3.05, 3.63) is 17.5 Å². The summed E-state index contributed by atoms with van der Waals surface area (Å²) in [5.74, 6) is 0.620. The summed E-state index contributed by atoms with van der Waals surface area (Å²) in [5.41, 5.74) is 1.65. The summed E-state index contributed by atoms with van der Waals surface area (Å²) >= 11 is 0. The third-order valence-corrected chi connectivity index (χ3v) is 3.46. The number of H-pyrrole nitrogens is 1. The van der Waals surface area contributed by atoms with Crippen LogP contribution in [0.1, 0.15) is 41.9 Å². The number of morpholine rings is 1. The SMILES string of the molecule is CC1COCCN1C(=O)c1cc(C2CC2)[nH]n1. The maximum atomic E-state index is 12.3. The van der Waals surface area contributed by atoms with E-state index in [0.29, 0.717) is 31.4 Å². The van der Waals surface area contributed by atoms with Crippen LogP contribution in [0.15, 0.2) is 6.07 Å². The van der Waals surface area contributed by atoms with Gasteiger partial charge >= 0.3 is 0 Å². The van der Waals surface area contributed by atoms with Crippen LogP contribution in [-0.2, 0) is 4.74 Å². The third kappa shape index (κ3) is 2.07. The van der Waals surface area contributed by atoms with Gasteiger partial charge in [0.05, 0.1) is 19.3 Å². The average molecular weight is 235 g/mol. The van der Waals surface area contributed by atoms with Gasteiger partial charge in [-0.3, -0.25) is 9.89 Å². The number of hydrogen-bond donors (Lipinski definition) is 1. The summed E-state index contributed by atoms with van der Waals surface area (Å²) in [6, 6.07) is 2.04. The molecular weight excluding hydrogens is 218 g/mol. The standard InChI is InChI=1S/C12H17N3O2/c1-8-7-17-5-4-15(8)12(16)11-6-10(13-14-11)9-2-3-9/h6,8-9H,2-5,7H2,1H3,(H,13,14). The van der Waals surface area contributed by atoms with Gasteiger partial charge < -0.3 is 9.64 Å². The minimum Gasteiger partial charge on any atom is -0.377 e. The van der Waals surface area contributed by atoms with Gasteiger partial charge in [-0.1, -0.05) is 0 Å². The fourth-order valence-electron chi connectivity index (χ4n) is 2.23. The van der Waals surface area contributed by atoms with Crippen molar-refractivity contribution in [3.63, 3.8) is 0 Å². The predicted octanol–water partition coefficient (Wildman–Crippen LogP) is 1.15. The summed E-state index contributed by atoms with van der Waals surface area (Å²) in [7, 11) is 0. The highest BCUT2D eigenvalue weighted by Gasteiger charge is 2.29. The van der Waals surface area contributed by atoms with Crippen LogP contribution in [0.5, 0.6) is 0 Å². The number of carbonyl (C=O) groups excluding carboxylic acids is 1. The Hall–Kier alpha value is -1.36. The van der Waals surface area contributed by atoms with Gasteiger partial charge in [-0.25, -0.2) is 0 Å². The number of aromatic nitrogens is 2. The Labute approximate surface area is 100 Å². The van der Waals surface area contributed by atoms with Gasteiger partial charge in [0.25, 0.3) is 5.91 Å². The molecular formula is C12H17N3O2. The van der Waals surface area contributed by atoms with E-state index < -0.39 is 0 Å². The minimum absolute atomic E-state index is 0.0175. The molecule has 1 saturated heterocycles. The number of nitrogens with one attached hydrogen (secondary N) is 1. The van der Waals surface area contributed by atoms with Crippen molar-refractivity contribution < 1.29 is 9.53 Å². The van der Waals surface area contributed by atoms with Crippen LogP contribution in [-0.4, -0.2) is 46.8 Å². The normalized spacial score (nSPS) is 25.0. The van der Waals surface area contributed by atoms with Crippen molar-refractivity contribution in [1.82, 2.24) is 15.1 Å². The number of amides is 1. The Kier molecular flexibility index (Phi) is 2.63. The fraction of sp³-hybridized carbons (Fsp3) is 0.667. The van der Waals surface area contributed by atoms with Crippen LogP contribution >= 0.6 is 0 Å². The molecule has 1 saturated carbocycles. The lowest BCUT2D eigenvalue weighted by atomic mass is 10.2. The molecule has 5 nitrogen and oxygen atoms in total. The average Bonchev–Trinajstić information content (AvgIpc) is 3.07. The summed E-state index contributed by atoms with van der Waals surface area (Å²) in [5, 5.41) is 7.10. The molecule has 1 amide bonds. The minimum atomic E-state index is 0.0175. The number of ether oxygens (including phenoxy) is 1. The van der Waals surface area contributed by atoms with E-state index in [2.05, 4.69) is 10.2 Å². The molecule has 3 rings (SSSR count). The van der Waals surface area contributed by atoms with Crippen molar-refractivity contribution in [2.24, 2.45) is 0 Å². The molecule has 17 heavy (non-hydrogen) atoms. The van der Waals surface area contributed by atoms with E-state index in [1.54, 1.807) is 0 Å². The van der Waals surface area contributed by atoms with Gasteiger partial charge in [0.15, 0.2) is 0 Å². The lowest BCUT2D eigenvalue weighted by Crippen LogP contribution is -2.47. The number of hydrogen-bond acceptors (Lipinski definition) is 3. The number of nitrogens with zero attached hydrogens (tertiary/aromatic N) is 2. The Balaban J connectivity index is 1.75. The van der Waals surface area contributed by atoms with Crippen molar-refractivity contribution in [2.75, 3.05) is 19.8 Å². The molecule has 2 fully saturated rings. The summed E-state index contributed by atoms with van der Waals surface area (Å²) in [6.07, 6.45) is 2.42. The molecule has 1 aliphatic heterocycles. The lowest BCUT2D eigenvalue weighted by molar-refractivity contribution is 0.00327. The van der Waals surface area contributed by atoms with E-state index in [1.807, 2.05) is 17.9 Å². The second-order valence-corrected chi connectivity index (χ2v) is 4.91. The predicted molar refractivity (Wildman–Crippen MR) is 61.9 cm³/mol. The van der Waals surface area contributed by atoms with Crippen LogP contribution in [0.4, 0.5) is 0 Å². The van der Waals surface area contributed by atoms with E-state index in [0.717, 1.165) is 5.69 Å². The van der Waals surface area contributed by atoms with Gasteiger partial charge in [0.1, 0.15) is 5.69 Å². The van der Waals surface area contributed by atoms with Crippen LogP contribution in [0.25, 0.3) is 0 Å². The van der Waals surface area contributed by atoms with Crippen LogP contribution in [0, 0.1) is 0 Å². The number of carbonyl (C=O) groups is 1. The number of rotatable bonds is 2. The van der Waals surface area contributed by atoms with Crippen LogP contribution < -0.4 is 0 Å². The van der Waals surface area contributed by atoms with E-state index in [1.165, 1.54) is 12.8 Å². The van der Waals surface area contributed by atoms with Gasteiger partial charge in [0, 0.05) is 18.2 Å². The Morgan fingerprint density at radius 3 is 3.12 bits per heavy atom. The highest BCUT2D eigenvalue weighted by atomic mass is 16.5. The van der Waals surface area contributed by atoms with E-state index in [9.17, 15) is 4.79 Å². The molecule has 1 N–H and O–H groups in total. The second-order valence-electron chi connectivity index (χ2n) is 4.91. The fourth-order valence-corrected chi connectivity index (χ4v) is 2.23. The van der Waals surface area contributed by atoms with Gasteiger partial charge in [-0.05, 0) is 25.8 Å². The Morgan fingerprint density at radius 1 is 1.59 bits per heavy atom. The van der Waals surface area contributed by atoms with E-state index in [-0.39, 0.29) is 11.9 Å². The first-order chi connectivity index (χ1) is 8.25. The summed E-state index contributed by atoms with van der Waals surface area (Å²) in [4.78, 5) is 14.1. The molecule has 1 aromatic heterocycles. The highest BCUT2D eigenvalue weighted by Crippen LogP contribution is 2.39. The molecule has 92 valence electrons. The molecule has 1 aliphatic carbocycles. The molecule has 5 heteroatoms. The summed E-state index contributed by atoms with van der Waals surface area (Å²) in [6.45, 7) is 3.90. The molecule has 1 unspecified atom stereocenters. The highest BCUT2D eigenvalue weighted by molar-refractivity contribution is 5.92. The maximum absolute atomic E-state index is 12.3. The Bertz CT molecular complexity index is 425. The Morgan fingerprint density at radius 2 is 2.41 bits per heavy atom. The van der Waals surface area contributed by atoms with Crippen LogP contribution in [0.2, 0.25) is 0 Å². The monoisotopic (exact) mass is 235 g/mol. The number of aromatic amines is 1. The molecule has 1 atom stereocenters. The molecule has 1 aromatic rings. The van der Waals surface area contributed by atoms with Crippen molar-refractivity contribution in [2.45, 2.75) is 31.7 Å². The first-order valence-corrected chi connectivity index (χ1v) is 6.19. The molecule has 0 spiro atoms. The van der Waals surface area contributed by atoms with Gasteiger partial charge in [-0.2, -0.15) is 5.10 Å². The zero-order valence-corrected chi connectivity index (χ0v) is 9.98. The molecule has 0 aromatic carbocycles. The topological polar surface area (TPSA) is 58.2 Å². The third-order valence-electron chi connectivity index (χ3n) is 3.46. The van der Waals surface area contributed by atoms with Gasteiger partial charge in [0.2, 0.25) is 0 Å². The summed E-state index contributed by atoms with van der Waals surface area (Å²) < 4.78 is 5.33. The van der Waals surface area contributed by atoms with E-state index >= 15 is 0 Å². The first-order valence-electron chi connectivity index (χ1n) is 6.19. The van der Waals surface area contributed by atoms with Crippen molar-refractivity contribution >= 4 is 5.91 Å². The van der Waals surface area contributed by atoms with Crippen molar-refractivity contribution in [1.29, 1.82) is 0 Å².